The number of hydrogen-bond acceptors (Lipinski definition) is 2. The maximum absolute atomic E-state index is 2.47. The summed E-state index contributed by atoms with van der Waals surface area (Å²) in [6.07, 6.45) is 7.35. The minimum Gasteiger partial charge on any atom is -0.358 e. The molecule has 0 saturated carbocycles. The van der Waals surface area contributed by atoms with Gasteiger partial charge in [0.1, 0.15) is 6.17 Å². The zero-order chi connectivity index (χ0) is 14.5. The molecule has 0 N–H and O–H groups in total. The number of fused-ring (bicyclic) bond motifs is 3. The molecule has 0 amide bonds. The first-order valence-corrected chi connectivity index (χ1v) is 7.71. The molecule has 2 aliphatic rings. The monoisotopic (exact) mass is 270 g/mol. The first-order valence-electron chi connectivity index (χ1n) is 7.71. The Labute approximate surface area is 123 Å². The molecule has 1 aromatic rings. The van der Waals surface area contributed by atoms with Crippen molar-refractivity contribution in [3.05, 3.63) is 42.2 Å². The summed E-state index contributed by atoms with van der Waals surface area (Å²) in [6, 6.07) is 8.90. The van der Waals surface area contributed by atoms with Gasteiger partial charge in [0.25, 0.3) is 0 Å². The lowest BCUT2D eigenvalue weighted by Gasteiger charge is -2.57. The molecule has 0 aliphatic carbocycles. The van der Waals surface area contributed by atoms with E-state index in [1.807, 2.05) is 0 Å². The van der Waals surface area contributed by atoms with E-state index >= 15 is 0 Å². The second-order valence-corrected chi connectivity index (χ2v) is 7.05. The molecule has 2 atom stereocenters. The molecule has 0 fully saturated rings. The third-order valence-electron chi connectivity index (χ3n) is 5.73. The fourth-order valence-electron chi connectivity index (χ4n) is 4.32. The summed E-state index contributed by atoms with van der Waals surface area (Å²) < 4.78 is 0. The molecule has 0 bridgehead atoms. The van der Waals surface area contributed by atoms with Crippen molar-refractivity contribution < 1.29 is 0 Å². The number of para-hydroxylation sites is 1. The van der Waals surface area contributed by atoms with Gasteiger partial charge in [-0.25, -0.2) is 0 Å². The van der Waals surface area contributed by atoms with Crippen LogP contribution in [0.2, 0.25) is 0 Å². The van der Waals surface area contributed by atoms with E-state index in [1.54, 1.807) is 0 Å². The summed E-state index contributed by atoms with van der Waals surface area (Å²) in [4.78, 5) is 4.85. The van der Waals surface area contributed by atoms with Crippen molar-refractivity contribution in [2.75, 3.05) is 11.9 Å². The molecule has 0 spiro atoms. The first kappa shape index (κ1) is 13.5. The number of anilines is 1. The van der Waals surface area contributed by atoms with Crippen molar-refractivity contribution in [3.63, 3.8) is 0 Å². The van der Waals surface area contributed by atoms with Crippen LogP contribution in [0.25, 0.3) is 0 Å². The lowest BCUT2D eigenvalue weighted by molar-refractivity contribution is 0.0470. The van der Waals surface area contributed by atoms with Crippen molar-refractivity contribution >= 4 is 5.69 Å². The van der Waals surface area contributed by atoms with Gasteiger partial charge in [0.15, 0.2) is 0 Å². The van der Waals surface area contributed by atoms with Crippen molar-refractivity contribution in [1.29, 1.82) is 0 Å². The van der Waals surface area contributed by atoms with E-state index in [9.17, 15) is 0 Å². The van der Waals surface area contributed by atoms with Gasteiger partial charge in [-0.3, -0.25) is 0 Å². The molecule has 0 aromatic heterocycles. The third kappa shape index (κ3) is 1.51. The van der Waals surface area contributed by atoms with Gasteiger partial charge in [-0.2, -0.15) is 0 Å². The predicted molar refractivity (Wildman–Crippen MR) is 85.7 cm³/mol. The number of benzene rings is 1. The van der Waals surface area contributed by atoms with E-state index in [2.05, 4.69) is 81.2 Å². The quantitative estimate of drug-likeness (QED) is 0.789. The van der Waals surface area contributed by atoms with Gasteiger partial charge in [-0.05, 0) is 18.1 Å². The first-order chi connectivity index (χ1) is 9.43. The van der Waals surface area contributed by atoms with E-state index < -0.39 is 0 Å². The fourth-order valence-corrected chi connectivity index (χ4v) is 4.32. The Morgan fingerprint density at radius 3 is 2.50 bits per heavy atom. The van der Waals surface area contributed by atoms with Crippen LogP contribution in [0, 0.1) is 5.41 Å². The Morgan fingerprint density at radius 1 is 1.10 bits per heavy atom. The smallest absolute Gasteiger partial charge is 0.111 e. The lowest BCUT2D eigenvalue weighted by Crippen LogP contribution is -2.60. The zero-order valence-electron chi connectivity index (χ0n) is 13.4. The minimum absolute atomic E-state index is 0.168. The molecular weight excluding hydrogens is 244 g/mol. The standard InChI is InChI=1S/C18H26N2/c1-6-11-18(4)16-19(5)12-13-20(16)15-10-8-7-9-14(15)17(18,2)3/h7-10,12-13,16H,6,11H2,1-5H3. The van der Waals surface area contributed by atoms with E-state index in [-0.39, 0.29) is 10.8 Å². The molecule has 108 valence electrons. The SMILES string of the molecule is CCCC1(C)C2N(C)C=CN2c2ccccc2C1(C)C. The summed E-state index contributed by atoms with van der Waals surface area (Å²) in [7, 11) is 2.21. The Balaban J connectivity index is 2.23. The van der Waals surface area contributed by atoms with Gasteiger partial charge in [-0.1, -0.05) is 52.3 Å². The predicted octanol–water partition coefficient (Wildman–Crippen LogP) is 4.33. The van der Waals surface area contributed by atoms with Gasteiger partial charge in [0, 0.05) is 36.0 Å². The second-order valence-electron chi connectivity index (χ2n) is 7.05. The summed E-state index contributed by atoms with van der Waals surface area (Å²) in [5, 5.41) is 0. The summed E-state index contributed by atoms with van der Waals surface area (Å²) in [5.41, 5.74) is 3.25. The molecule has 2 heteroatoms. The van der Waals surface area contributed by atoms with E-state index in [4.69, 9.17) is 0 Å². The second kappa shape index (κ2) is 4.28. The van der Waals surface area contributed by atoms with Crippen molar-refractivity contribution in [2.24, 2.45) is 5.41 Å². The Morgan fingerprint density at radius 2 is 1.80 bits per heavy atom. The van der Waals surface area contributed by atoms with Crippen molar-refractivity contribution in [3.8, 4) is 0 Å². The molecular formula is C18H26N2. The van der Waals surface area contributed by atoms with E-state index in [0.29, 0.717) is 6.17 Å². The van der Waals surface area contributed by atoms with Crippen LogP contribution >= 0.6 is 0 Å². The number of hydrogen-bond donors (Lipinski definition) is 0. The molecule has 2 heterocycles. The van der Waals surface area contributed by atoms with Crippen LogP contribution in [-0.4, -0.2) is 18.1 Å². The van der Waals surface area contributed by atoms with Crippen LogP contribution < -0.4 is 4.90 Å². The topological polar surface area (TPSA) is 6.48 Å². The van der Waals surface area contributed by atoms with Crippen LogP contribution in [0.1, 0.15) is 46.1 Å². The number of nitrogens with zero attached hydrogens (tertiary/aromatic N) is 2. The van der Waals surface area contributed by atoms with Crippen LogP contribution in [0.3, 0.4) is 0 Å². The Hall–Kier alpha value is -1.44. The Kier molecular flexibility index (Phi) is 2.89. The molecule has 2 unspecified atom stereocenters. The van der Waals surface area contributed by atoms with Crippen LogP contribution in [0.5, 0.6) is 0 Å². The van der Waals surface area contributed by atoms with Gasteiger partial charge in [-0.15, -0.1) is 0 Å². The van der Waals surface area contributed by atoms with Gasteiger partial charge < -0.3 is 9.80 Å². The lowest BCUT2D eigenvalue weighted by atomic mass is 9.57. The zero-order valence-corrected chi connectivity index (χ0v) is 13.4. The van der Waals surface area contributed by atoms with Crippen molar-refractivity contribution in [1.82, 2.24) is 4.90 Å². The highest BCUT2D eigenvalue weighted by Gasteiger charge is 2.55. The molecule has 3 rings (SSSR count). The maximum atomic E-state index is 2.47. The highest BCUT2D eigenvalue weighted by molar-refractivity contribution is 5.64. The van der Waals surface area contributed by atoms with Crippen LogP contribution in [-0.2, 0) is 5.41 Å². The van der Waals surface area contributed by atoms with Crippen LogP contribution in [0.15, 0.2) is 36.7 Å². The van der Waals surface area contributed by atoms with E-state index in [0.717, 1.165) is 0 Å². The molecule has 0 saturated heterocycles. The fraction of sp³-hybridized carbons (Fsp3) is 0.556. The molecule has 20 heavy (non-hydrogen) atoms. The Bertz CT molecular complexity index is 546. The average Bonchev–Trinajstić information content (AvgIpc) is 2.80. The van der Waals surface area contributed by atoms with Gasteiger partial charge in [0.05, 0.1) is 0 Å². The highest BCUT2D eigenvalue weighted by Crippen LogP contribution is 2.57. The summed E-state index contributed by atoms with van der Waals surface area (Å²) in [5.74, 6) is 0. The minimum atomic E-state index is 0.168. The third-order valence-corrected chi connectivity index (χ3v) is 5.73. The molecule has 0 radical (unpaired) electrons. The highest BCUT2D eigenvalue weighted by atomic mass is 15.4. The summed E-state index contributed by atoms with van der Waals surface area (Å²) in [6.45, 7) is 9.61. The normalized spacial score (nSPS) is 30.4. The summed E-state index contributed by atoms with van der Waals surface area (Å²) >= 11 is 0. The molecule has 2 aliphatic heterocycles. The van der Waals surface area contributed by atoms with Crippen molar-refractivity contribution in [2.45, 2.75) is 52.1 Å². The van der Waals surface area contributed by atoms with E-state index in [1.165, 1.54) is 24.1 Å². The van der Waals surface area contributed by atoms with Gasteiger partial charge in [0.2, 0.25) is 0 Å². The van der Waals surface area contributed by atoms with Gasteiger partial charge >= 0.3 is 0 Å². The number of rotatable bonds is 2. The molecule has 1 aromatic carbocycles. The largest absolute Gasteiger partial charge is 0.358 e. The average molecular weight is 270 g/mol. The molecule has 2 nitrogen and oxygen atoms in total. The van der Waals surface area contributed by atoms with Crippen LogP contribution in [0.4, 0.5) is 5.69 Å². The maximum Gasteiger partial charge on any atom is 0.111 e.